The molecule has 0 aliphatic heterocycles. The van der Waals surface area contributed by atoms with Gasteiger partial charge in [0.25, 0.3) is 5.91 Å². The predicted octanol–water partition coefficient (Wildman–Crippen LogP) is 3.21. The molecular formula is C16H19Cl2N5O. The second-order valence-electron chi connectivity index (χ2n) is 5.43. The van der Waals surface area contributed by atoms with Crippen LogP contribution in [0.25, 0.3) is 0 Å². The van der Waals surface area contributed by atoms with E-state index in [2.05, 4.69) is 25.5 Å². The first-order valence-electron chi connectivity index (χ1n) is 7.43. The molecule has 0 unspecified atom stereocenters. The van der Waals surface area contributed by atoms with Crippen LogP contribution in [0.15, 0.2) is 30.6 Å². The minimum Gasteiger partial charge on any atom is -0.351 e. The van der Waals surface area contributed by atoms with Crippen molar-refractivity contribution in [2.75, 3.05) is 32.5 Å². The third-order valence-electron chi connectivity index (χ3n) is 3.18. The van der Waals surface area contributed by atoms with E-state index in [4.69, 9.17) is 23.2 Å². The number of benzene rings is 1. The zero-order chi connectivity index (χ0) is 17.5. The van der Waals surface area contributed by atoms with Crippen molar-refractivity contribution in [3.8, 4) is 0 Å². The quantitative estimate of drug-likeness (QED) is 0.735. The molecule has 0 aliphatic carbocycles. The molecule has 2 aromatic rings. The van der Waals surface area contributed by atoms with Crippen molar-refractivity contribution in [3.63, 3.8) is 0 Å². The van der Waals surface area contributed by atoms with Crippen molar-refractivity contribution >= 4 is 40.6 Å². The smallest absolute Gasteiger partial charge is 0.270 e. The Balaban J connectivity index is 2.00. The number of carbonyl (C=O) groups excluding carboxylic acids is 1. The molecule has 1 amide bonds. The molecule has 128 valence electrons. The van der Waals surface area contributed by atoms with E-state index >= 15 is 0 Å². The molecule has 0 bridgehead atoms. The maximum Gasteiger partial charge on any atom is 0.270 e. The van der Waals surface area contributed by atoms with Crippen molar-refractivity contribution in [2.24, 2.45) is 0 Å². The lowest BCUT2D eigenvalue weighted by Gasteiger charge is -2.11. The number of rotatable bonds is 7. The lowest BCUT2D eigenvalue weighted by atomic mass is 10.3. The van der Waals surface area contributed by atoms with E-state index in [9.17, 15) is 4.79 Å². The molecule has 0 saturated carbocycles. The van der Waals surface area contributed by atoms with Gasteiger partial charge in [0, 0.05) is 12.6 Å². The van der Waals surface area contributed by atoms with E-state index in [0.717, 1.165) is 13.0 Å². The summed E-state index contributed by atoms with van der Waals surface area (Å²) >= 11 is 12.1. The van der Waals surface area contributed by atoms with Crippen LogP contribution in [0, 0.1) is 0 Å². The van der Waals surface area contributed by atoms with E-state index < -0.39 is 0 Å². The lowest BCUT2D eigenvalue weighted by Crippen LogP contribution is -2.27. The standard InChI is InChI=1S/C16H19Cl2N5O/c1-23(2)8-4-7-19-16(24)13-9-14(21-10-20-13)22-12-6-3-5-11(17)15(12)18/h3,5-6,9-10H,4,7-8H2,1-2H3,(H,19,24)(H,20,21,22). The minimum absolute atomic E-state index is 0.239. The van der Waals surface area contributed by atoms with Gasteiger partial charge < -0.3 is 15.5 Å². The number of nitrogens with zero attached hydrogens (tertiary/aromatic N) is 3. The number of halogens is 2. The van der Waals surface area contributed by atoms with Crippen LogP contribution in [0.4, 0.5) is 11.5 Å². The maximum absolute atomic E-state index is 12.1. The van der Waals surface area contributed by atoms with Crippen LogP contribution in [0.2, 0.25) is 10.0 Å². The van der Waals surface area contributed by atoms with Gasteiger partial charge >= 0.3 is 0 Å². The average molecular weight is 368 g/mol. The van der Waals surface area contributed by atoms with E-state index in [-0.39, 0.29) is 11.6 Å². The molecule has 1 heterocycles. The second kappa shape index (κ2) is 8.82. The largest absolute Gasteiger partial charge is 0.351 e. The summed E-state index contributed by atoms with van der Waals surface area (Å²) < 4.78 is 0. The molecule has 0 saturated heterocycles. The Morgan fingerprint density at radius 3 is 2.79 bits per heavy atom. The molecule has 0 fully saturated rings. The fraction of sp³-hybridized carbons (Fsp3) is 0.312. The normalized spacial score (nSPS) is 10.7. The van der Waals surface area contributed by atoms with Crippen LogP contribution in [-0.4, -0.2) is 48.0 Å². The number of hydrogen-bond acceptors (Lipinski definition) is 5. The van der Waals surface area contributed by atoms with Gasteiger partial charge in [0.15, 0.2) is 0 Å². The second-order valence-corrected chi connectivity index (χ2v) is 6.21. The lowest BCUT2D eigenvalue weighted by molar-refractivity contribution is 0.0947. The van der Waals surface area contributed by atoms with Crippen molar-refractivity contribution in [2.45, 2.75) is 6.42 Å². The van der Waals surface area contributed by atoms with Gasteiger partial charge in [0.2, 0.25) is 0 Å². The minimum atomic E-state index is -0.239. The number of anilines is 2. The topological polar surface area (TPSA) is 70.2 Å². The van der Waals surface area contributed by atoms with Gasteiger partial charge in [0.1, 0.15) is 17.8 Å². The monoisotopic (exact) mass is 367 g/mol. The first-order valence-corrected chi connectivity index (χ1v) is 8.19. The summed E-state index contributed by atoms with van der Waals surface area (Å²) in [6, 6.07) is 6.81. The van der Waals surface area contributed by atoms with Crippen LogP contribution < -0.4 is 10.6 Å². The molecule has 2 rings (SSSR count). The molecular weight excluding hydrogens is 349 g/mol. The highest BCUT2D eigenvalue weighted by Gasteiger charge is 2.10. The number of nitrogens with one attached hydrogen (secondary N) is 2. The van der Waals surface area contributed by atoms with Crippen LogP contribution >= 0.6 is 23.2 Å². The molecule has 0 radical (unpaired) electrons. The molecule has 24 heavy (non-hydrogen) atoms. The number of carbonyl (C=O) groups is 1. The highest BCUT2D eigenvalue weighted by atomic mass is 35.5. The maximum atomic E-state index is 12.1. The van der Waals surface area contributed by atoms with E-state index in [1.165, 1.54) is 6.33 Å². The van der Waals surface area contributed by atoms with Gasteiger partial charge in [-0.15, -0.1) is 0 Å². The van der Waals surface area contributed by atoms with Gasteiger partial charge in [-0.05, 0) is 39.2 Å². The van der Waals surface area contributed by atoms with E-state index in [1.807, 2.05) is 14.1 Å². The van der Waals surface area contributed by atoms with Crippen molar-refractivity contribution < 1.29 is 4.79 Å². The Hall–Kier alpha value is -1.89. The molecule has 0 spiro atoms. The van der Waals surface area contributed by atoms with E-state index in [1.54, 1.807) is 24.3 Å². The first kappa shape index (κ1) is 18.4. The van der Waals surface area contributed by atoms with Crippen molar-refractivity contribution in [1.29, 1.82) is 0 Å². The van der Waals surface area contributed by atoms with Crippen molar-refractivity contribution in [1.82, 2.24) is 20.2 Å². The molecule has 6 nitrogen and oxygen atoms in total. The van der Waals surface area contributed by atoms with Crippen LogP contribution in [0.5, 0.6) is 0 Å². The van der Waals surface area contributed by atoms with Gasteiger partial charge in [-0.2, -0.15) is 0 Å². The third-order valence-corrected chi connectivity index (χ3v) is 4.00. The summed E-state index contributed by atoms with van der Waals surface area (Å²) in [5.41, 5.74) is 0.899. The molecule has 1 aromatic heterocycles. The third kappa shape index (κ3) is 5.33. The summed E-state index contributed by atoms with van der Waals surface area (Å²) in [6.45, 7) is 1.49. The Morgan fingerprint density at radius 1 is 1.25 bits per heavy atom. The van der Waals surface area contributed by atoms with Crippen LogP contribution in [0.1, 0.15) is 16.9 Å². The zero-order valence-corrected chi connectivity index (χ0v) is 15.0. The van der Waals surface area contributed by atoms with Gasteiger partial charge in [0.05, 0.1) is 15.7 Å². The Morgan fingerprint density at radius 2 is 2.04 bits per heavy atom. The highest BCUT2D eigenvalue weighted by molar-refractivity contribution is 6.43. The summed E-state index contributed by atoms with van der Waals surface area (Å²) in [7, 11) is 3.98. The number of hydrogen-bond donors (Lipinski definition) is 2. The fourth-order valence-electron chi connectivity index (χ4n) is 1.98. The van der Waals surface area contributed by atoms with Gasteiger partial charge in [-0.1, -0.05) is 29.3 Å². The predicted molar refractivity (Wildman–Crippen MR) is 97.3 cm³/mol. The number of aromatic nitrogens is 2. The fourth-order valence-corrected chi connectivity index (χ4v) is 2.32. The molecule has 1 aromatic carbocycles. The van der Waals surface area contributed by atoms with Crippen LogP contribution in [-0.2, 0) is 0 Å². The number of amides is 1. The van der Waals surface area contributed by atoms with Gasteiger partial charge in [-0.25, -0.2) is 9.97 Å². The average Bonchev–Trinajstić information content (AvgIpc) is 2.56. The van der Waals surface area contributed by atoms with E-state index in [0.29, 0.717) is 28.1 Å². The van der Waals surface area contributed by atoms with Crippen molar-refractivity contribution in [3.05, 3.63) is 46.3 Å². The van der Waals surface area contributed by atoms with Crippen LogP contribution in [0.3, 0.4) is 0 Å². The Bertz CT molecular complexity index is 709. The SMILES string of the molecule is CN(C)CCCNC(=O)c1cc(Nc2cccc(Cl)c2Cl)ncn1. The summed E-state index contributed by atoms with van der Waals surface area (Å²) in [4.78, 5) is 22.3. The molecule has 0 aliphatic rings. The zero-order valence-electron chi connectivity index (χ0n) is 13.5. The summed E-state index contributed by atoms with van der Waals surface area (Å²) in [5.74, 6) is 0.226. The summed E-state index contributed by atoms with van der Waals surface area (Å²) in [6.07, 6.45) is 2.20. The first-order chi connectivity index (χ1) is 11.5. The Labute approximate surface area is 151 Å². The molecule has 8 heteroatoms. The summed E-state index contributed by atoms with van der Waals surface area (Å²) in [5, 5.41) is 6.71. The highest BCUT2D eigenvalue weighted by Crippen LogP contribution is 2.31. The Kier molecular flexibility index (Phi) is 6.78. The molecule has 0 atom stereocenters. The molecule has 2 N–H and O–H groups in total. The van der Waals surface area contributed by atoms with Gasteiger partial charge in [-0.3, -0.25) is 4.79 Å².